The average Bonchev–Trinajstić information content (AvgIpc) is 3.24. The highest BCUT2D eigenvalue weighted by Crippen LogP contribution is 2.41. The van der Waals surface area contributed by atoms with Gasteiger partial charge in [0.05, 0.1) is 5.69 Å². The van der Waals surface area contributed by atoms with E-state index in [-0.39, 0.29) is 5.82 Å². The van der Waals surface area contributed by atoms with E-state index >= 15 is 0 Å². The Morgan fingerprint density at radius 1 is 1.47 bits per heavy atom. The third-order valence-electron chi connectivity index (χ3n) is 5.03. The molecule has 30 heavy (non-hydrogen) atoms. The Hall–Kier alpha value is -2.94. The fourth-order valence-corrected chi connectivity index (χ4v) is 3.39. The van der Waals surface area contributed by atoms with Gasteiger partial charge in [-0.25, -0.2) is 14.3 Å². The van der Waals surface area contributed by atoms with Gasteiger partial charge in [0.25, 0.3) is 0 Å². The normalized spacial score (nSPS) is 27.0. The Morgan fingerprint density at radius 2 is 2.23 bits per heavy atom. The molecule has 11 nitrogen and oxygen atoms in total. The third kappa shape index (κ3) is 4.02. The molecule has 1 fully saturated rings. The Kier molecular flexibility index (Phi) is 6.40. The van der Waals surface area contributed by atoms with E-state index in [1.807, 2.05) is 0 Å². The summed E-state index contributed by atoms with van der Waals surface area (Å²) in [6, 6.07) is 4.81. The highest BCUT2D eigenvalue weighted by atomic mass is 16.8. The van der Waals surface area contributed by atoms with E-state index < -0.39 is 36.4 Å². The maximum atomic E-state index is 12.2. The van der Waals surface area contributed by atoms with Gasteiger partial charge in [0, 0.05) is 0 Å². The van der Waals surface area contributed by atoms with E-state index in [1.165, 1.54) is 10.8 Å². The van der Waals surface area contributed by atoms with E-state index in [2.05, 4.69) is 17.0 Å². The first-order valence-electron chi connectivity index (χ1n) is 9.76. The number of ether oxygens (including phenoxy) is 3. The molecule has 2 aromatic rings. The van der Waals surface area contributed by atoms with Crippen LogP contribution in [0.3, 0.4) is 0 Å². The molecule has 0 aliphatic carbocycles. The summed E-state index contributed by atoms with van der Waals surface area (Å²) in [5.41, 5.74) is 6.55. The summed E-state index contributed by atoms with van der Waals surface area (Å²) in [5.74, 6) is -2.24. The van der Waals surface area contributed by atoms with Crippen LogP contribution in [0.5, 0.6) is 0 Å². The highest BCUT2D eigenvalue weighted by Gasteiger charge is 2.59. The second kappa shape index (κ2) is 8.83. The minimum absolute atomic E-state index is 0.202. The van der Waals surface area contributed by atoms with Crippen molar-refractivity contribution in [2.45, 2.75) is 69.7 Å². The van der Waals surface area contributed by atoms with Crippen LogP contribution < -0.4 is 5.73 Å². The van der Waals surface area contributed by atoms with Crippen LogP contribution in [0, 0.1) is 11.3 Å². The van der Waals surface area contributed by atoms with Gasteiger partial charge in [0.2, 0.25) is 0 Å². The van der Waals surface area contributed by atoms with Crippen LogP contribution in [0.1, 0.15) is 51.3 Å². The fourth-order valence-electron chi connectivity index (χ4n) is 3.39. The second-order valence-electron chi connectivity index (χ2n) is 7.23. The molecule has 3 rings (SSSR count). The van der Waals surface area contributed by atoms with Crippen molar-refractivity contribution in [3.05, 3.63) is 24.2 Å². The molecule has 3 heterocycles. The van der Waals surface area contributed by atoms with Crippen LogP contribution in [0.2, 0.25) is 0 Å². The average molecular weight is 419 g/mol. The van der Waals surface area contributed by atoms with Crippen LogP contribution in [-0.2, 0) is 14.2 Å². The first kappa shape index (κ1) is 21.8. The van der Waals surface area contributed by atoms with Gasteiger partial charge in [-0.2, -0.15) is 10.4 Å². The number of carbonyl (C=O) groups excluding carboxylic acids is 1. The zero-order valence-electron chi connectivity index (χ0n) is 16.8. The van der Waals surface area contributed by atoms with E-state index in [0.717, 1.165) is 19.3 Å². The van der Waals surface area contributed by atoms with Gasteiger partial charge in [-0.1, -0.05) is 19.8 Å². The lowest BCUT2D eigenvalue weighted by Gasteiger charge is -2.24. The van der Waals surface area contributed by atoms with Crippen molar-refractivity contribution >= 4 is 17.5 Å². The number of aliphatic hydroxyl groups excluding tert-OH is 2. The number of nitriles is 1. The number of anilines is 1. The van der Waals surface area contributed by atoms with Crippen molar-refractivity contribution in [3.63, 3.8) is 0 Å². The van der Waals surface area contributed by atoms with Crippen molar-refractivity contribution < 1.29 is 29.2 Å². The summed E-state index contributed by atoms with van der Waals surface area (Å²) in [5, 5.41) is 34.6. The molecule has 4 N–H and O–H groups in total. The number of nitrogens with two attached hydrogens (primary N) is 1. The number of hydrogen-bond acceptors (Lipinski definition) is 10. The lowest BCUT2D eigenvalue weighted by atomic mass is 10.0. The maximum Gasteiger partial charge on any atom is 0.512 e. The number of aromatic nitrogens is 3. The number of nitrogens with zero attached hydrogens (tertiary/aromatic N) is 4. The first-order chi connectivity index (χ1) is 14.3. The number of rotatable bonds is 7. The largest absolute Gasteiger partial charge is 0.512 e. The highest BCUT2D eigenvalue weighted by molar-refractivity contribution is 5.65. The van der Waals surface area contributed by atoms with Gasteiger partial charge in [0.1, 0.15) is 36.2 Å². The van der Waals surface area contributed by atoms with Crippen LogP contribution >= 0.6 is 0 Å². The topological polar surface area (TPSA) is 165 Å². The predicted molar refractivity (Wildman–Crippen MR) is 103 cm³/mol. The van der Waals surface area contributed by atoms with Crippen molar-refractivity contribution in [2.24, 2.45) is 0 Å². The van der Waals surface area contributed by atoms with Gasteiger partial charge in [-0.15, -0.1) is 0 Å². The van der Waals surface area contributed by atoms with Crippen LogP contribution in [-0.4, -0.2) is 55.1 Å². The number of fused-ring (bicyclic) bond motifs is 1. The Labute approximate surface area is 173 Å². The number of hydrogen-bond donors (Lipinski definition) is 3. The summed E-state index contributed by atoms with van der Waals surface area (Å²) in [6.45, 7) is 3.77. The van der Waals surface area contributed by atoms with Crippen molar-refractivity contribution in [2.75, 3.05) is 5.73 Å². The summed E-state index contributed by atoms with van der Waals surface area (Å²) in [7, 11) is 0. The molecule has 2 aromatic heterocycles. The van der Waals surface area contributed by atoms with Crippen LogP contribution in [0.4, 0.5) is 10.6 Å². The van der Waals surface area contributed by atoms with Gasteiger partial charge in [0.15, 0.2) is 11.9 Å². The molecular weight excluding hydrogens is 394 g/mol. The number of nitrogen functional groups attached to an aromatic ring is 1. The monoisotopic (exact) mass is 419 g/mol. The van der Waals surface area contributed by atoms with Gasteiger partial charge in [-0.3, -0.25) is 0 Å². The number of aliphatic hydroxyl groups is 2. The molecular formula is C19H25N5O6. The SMILES string of the molecule is CCCCCC(C)OC(=O)O[C@@]1(C#N)O[C@@H](c2ccc3c(N)ncnn23)[C@H](O)[C@@H]1O. The molecule has 11 heteroatoms. The summed E-state index contributed by atoms with van der Waals surface area (Å²) in [6.07, 6.45) is -1.48. The van der Waals surface area contributed by atoms with Crippen molar-refractivity contribution in [1.29, 1.82) is 5.26 Å². The number of carbonyl (C=O) groups is 1. The Morgan fingerprint density at radius 3 is 2.93 bits per heavy atom. The zero-order chi connectivity index (χ0) is 21.9. The molecule has 0 radical (unpaired) electrons. The molecule has 0 amide bonds. The van der Waals surface area contributed by atoms with Crippen LogP contribution in [0.25, 0.3) is 5.52 Å². The summed E-state index contributed by atoms with van der Waals surface area (Å²) in [4.78, 5) is 16.1. The van der Waals surface area contributed by atoms with E-state index in [1.54, 1.807) is 25.1 Å². The van der Waals surface area contributed by atoms with Crippen LogP contribution in [0.15, 0.2) is 18.5 Å². The standard InChI is InChI=1S/C19H25N5O6/c1-3-4-5-6-11(2)28-18(27)30-19(9-20)16(26)14(25)15(29-19)12-7-8-13-17(21)22-10-23-24(12)13/h7-8,10-11,14-16,25-26H,3-6H2,1-2H3,(H2,21,22,23)/t11?,14-,15-,16-,19+/m0/s1. The van der Waals surface area contributed by atoms with E-state index in [0.29, 0.717) is 17.6 Å². The smallest absolute Gasteiger partial charge is 0.431 e. The van der Waals surface area contributed by atoms with E-state index in [4.69, 9.17) is 19.9 Å². The number of unbranched alkanes of at least 4 members (excludes halogenated alkanes) is 2. The molecule has 0 spiro atoms. The first-order valence-corrected chi connectivity index (χ1v) is 9.76. The minimum Gasteiger partial charge on any atom is -0.431 e. The minimum atomic E-state index is -2.44. The second-order valence-corrected chi connectivity index (χ2v) is 7.23. The van der Waals surface area contributed by atoms with Crippen molar-refractivity contribution in [3.8, 4) is 6.07 Å². The molecule has 0 saturated carbocycles. The lowest BCUT2D eigenvalue weighted by Crippen LogP contribution is -2.46. The maximum absolute atomic E-state index is 12.2. The third-order valence-corrected chi connectivity index (χ3v) is 5.03. The zero-order valence-corrected chi connectivity index (χ0v) is 16.8. The molecule has 1 unspecified atom stereocenters. The molecule has 5 atom stereocenters. The summed E-state index contributed by atoms with van der Waals surface area (Å²) >= 11 is 0. The van der Waals surface area contributed by atoms with Gasteiger partial charge in [-0.05, 0) is 31.9 Å². The molecule has 1 saturated heterocycles. The van der Waals surface area contributed by atoms with Crippen molar-refractivity contribution in [1.82, 2.24) is 14.6 Å². The quantitative estimate of drug-likeness (QED) is 0.441. The van der Waals surface area contributed by atoms with Gasteiger partial charge >= 0.3 is 11.9 Å². The van der Waals surface area contributed by atoms with Gasteiger partial charge < -0.3 is 30.2 Å². The molecule has 1 aliphatic heterocycles. The molecule has 1 aliphatic rings. The Bertz CT molecular complexity index is 943. The molecule has 162 valence electrons. The molecule has 0 aromatic carbocycles. The summed E-state index contributed by atoms with van der Waals surface area (Å²) < 4.78 is 17.1. The Balaban J connectivity index is 1.77. The fraction of sp³-hybridized carbons (Fsp3) is 0.579. The van der Waals surface area contributed by atoms with E-state index in [9.17, 15) is 20.3 Å². The lowest BCUT2D eigenvalue weighted by molar-refractivity contribution is -0.201. The predicted octanol–water partition coefficient (Wildman–Crippen LogP) is 1.45. The molecule has 0 bridgehead atoms.